The Morgan fingerprint density at radius 2 is 2.00 bits per heavy atom. The summed E-state index contributed by atoms with van der Waals surface area (Å²) >= 11 is 1.75. The molecule has 1 aromatic heterocycles. The van der Waals surface area contributed by atoms with Crippen molar-refractivity contribution in [3.05, 3.63) is 45.9 Å². The van der Waals surface area contributed by atoms with Crippen molar-refractivity contribution in [1.82, 2.24) is 15.6 Å². The van der Waals surface area contributed by atoms with Crippen LogP contribution in [0.2, 0.25) is 0 Å². The van der Waals surface area contributed by atoms with Crippen molar-refractivity contribution in [2.45, 2.75) is 33.7 Å². The molecule has 2 N–H and O–H groups in total. The van der Waals surface area contributed by atoms with Crippen molar-refractivity contribution in [2.75, 3.05) is 31.6 Å². The van der Waals surface area contributed by atoms with E-state index in [9.17, 15) is 0 Å². The van der Waals surface area contributed by atoms with E-state index in [0.717, 1.165) is 37.0 Å². The molecular formula is C19H30IN5S. The summed E-state index contributed by atoms with van der Waals surface area (Å²) in [6.45, 7) is 9.95. The van der Waals surface area contributed by atoms with E-state index in [-0.39, 0.29) is 24.0 Å². The number of rotatable bonds is 8. The minimum atomic E-state index is 0. The van der Waals surface area contributed by atoms with Gasteiger partial charge in [0.25, 0.3) is 0 Å². The van der Waals surface area contributed by atoms with E-state index >= 15 is 0 Å². The number of aryl methyl sites for hydroxylation is 2. The van der Waals surface area contributed by atoms with Crippen LogP contribution in [0.5, 0.6) is 0 Å². The first kappa shape index (κ1) is 22.7. The predicted octanol–water partition coefficient (Wildman–Crippen LogP) is 3.82. The third-order valence-electron chi connectivity index (χ3n) is 4.09. The number of thiazole rings is 1. The van der Waals surface area contributed by atoms with Crippen LogP contribution in [0.3, 0.4) is 0 Å². The highest BCUT2D eigenvalue weighted by molar-refractivity contribution is 14.0. The van der Waals surface area contributed by atoms with Crippen molar-refractivity contribution in [1.29, 1.82) is 0 Å². The molecule has 5 nitrogen and oxygen atoms in total. The summed E-state index contributed by atoms with van der Waals surface area (Å²) in [5.74, 6) is 0.814. The van der Waals surface area contributed by atoms with Crippen LogP contribution in [0, 0.1) is 6.92 Å². The predicted molar refractivity (Wildman–Crippen MR) is 124 cm³/mol. The van der Waals surface area contributed by atoms with Gasteiger partial charge in [-0.05, 0) is 31.9 Å². The first-order chi connectivity index (χ1) is 12.2. The molecule has 0 amide bonds. The van der Waals surface area contributed by atoms with Crippen LogP contribution in [-0.4, -0.2) is 37.6 Å². The third kappa shape index (κ3) is 6.75. The molecule has 1 aromatic carbocycles. The zero-order chi connectivity index (χ0) is 18.1. The molecule has 2 rings (SSSR count). The number of halogens is 1. The first-order valence-corrected chi connectivity index (χ1v) is 9.68. The summed E-state index contributed by atoms with van der Waals surface area (Å²) in [6, 6.07) is 8.51. The van der Waals surface area contributed by atoms with Gasteiger partial charge in [0.05, 0.1) is 6.54 Å². The number of hydrogen-bond acceptors (Lipinski definition) is 4. The van der Waals surface area contributed by atoms with Crippen molar-refractivity contribution < 1.29 is 0 Å². The number of nitrogens with zero attached hydrogens (tertiary/aromatic N) is 3. The van der Waals surface area contributed by atoms with Gasteiger partial charge in [-0.15, -0.1) is 35.3 Å². The Balaban J connectivity index is 0.00000338. The summed E-state index contributed by atoms with van der Waals surface area (Å²) in [5, 5.41) is 7.82. The average Bonchev–Trinajstić information content (AvgIpc) is 3.10. The molecule has 0 saturated heterocycles. The molecular weight excluding hydrogens is 457 g/mol. The molecule has 144 valence electrons. The lowest BCUT2D eigenvalue weighted by Crippen LogP contribution is -2.41. The molecule has 0 saturated carbocycles. The standard InChI is InChI=1S/C19H29N5S.HI/c1-5-16-13-22-18(25-16)14-23-19(20-4)21-11-12-24(6-2)17-10-8-7-9-15(17)3;/h7-10,13H,5-6,11-12,14H2,1-4H3,(H2,20,21,23);1H. The van der Waals surface area contributed by atoms with E-state index in [1.54, 1.807) is 18.4 Å². The maximum atomic E-state index is 4.43. The van der Waals surface area contributed by atoms with Crippen molar-refractivity contribution in [3.63, 3.8) is 0 Å². The second-order valence-corrected chi connectivity index (χ2v) is 6.99. The number of nitrogens with one attached hydrogen (secondary N) is 2. The van der Waals surface area contributed by atoms with E-state index in [1.807, 2.05) is 6.20 Å². The number of aliphatic imine (C=N–C) groups is 1. The van der Waals surface area contributed by atoms with Gasteiger partial charge in [0.15, 0.2) is 5.96 Å². The highest BCUT2D eigenvalue weighted by atomic mass is 127. The Hall–Kier alpha value is -1.35. The normalized spacial score (nSPS) is 11.0. The van der Waals surface area contributed by atoms with Crippen LogP contribution in [-0.2, 0) is 13.0 Å². The highest BCUT2D eigenvalue weighted by Crippen LogP contribution is 2.18. The number of anilines is 1. The minimum Gasteiger partial charge on any atom is -0.370 e. The minimum absolute atomic E-state index is 0. The number of aromatic nitrogens is 1. The number of para-hydroxylation sites is 1. The van der Waals surface area contributed by atoms with E-state index in [0.29, 0.717) is 6.54 Å². The molecule has 0 fully saturated rings. The maximum absolute atomic E-state index is 4.43. The molecule has 0 aliphatic carbocycles. The average molecular weight is 487 g/mol. The molecule has 1 heterocycles. The number of likely N-dealkylation sites (N-methyl/N-ethyl adjacent to an activating group) is 1. The third-order valence-corrected chi connectivity index (χ3v) is 5.23. The molecule has 2 aromatic rings. The molecule has 0 atom stereocenters. The summed E-state index contributed by atoms with van der Waals surface area (Å²) in [4.78, 5) is 12.4. The Kier molecular flexibility index (Phi) is 10.6. The van der Waals surface area contributed by atoms with Gasteiger partial charge in [0.1, 0.15) is 5.01 Å². The van der Waals surface area contributed by atoms with Gasteiger partial charge in [-0.25, -0.2) is 4.98 Å². The lowest BCUT2D eigenvalue weighted by atomic mass is 10.2. The van der Waals surface area contributed by atoms with Crippen LogP contribution in [0.25, 0.3) is 0 Å². The van der Waals surface area contributed by atoms with Gasteiger partial charge in [-0.2, -0.15) is 0 Å². The Morgan fingerprint density at radius 3 is 2.62 bits per heavy atom. The number of benzene rings is 1. The second kappa shape index (κ2) is 12.1. The van der Waals surface area contributed by atoms with Gasteiger partial charge in [0.2, 0.25) is 0 Å². The Labute approximate surface area is 178 Å². The van der Waals surface area contributed by atoms with E-state index in [4.69, 9.17) is 0 Å². The van der Waals surface area contributed by atoms with Crippen molar-refractivity contribution in [3.8, 4) is 0 Å². The van der Waals surface area contributed by atoms with Gasteiger partial charge in [-0.1, -0.05) is 25.1 Å². The zero-order valence-corrected chi connectivity index (χ0v) is 19.2. The molecule has 26 heavy (non-hydrogen) atoms. The molecule has 7 heteroatoms. The van der Waals surface area contributed by atoms with Crippen LogP contribution < -0.4 is 15.5 Å². The van der Waals surface area contributed by atoms with Gasteiger partial charge >= 0.3 is 0 Å². The van der Waals surface area contributed by atoms with Gasteiger partial charge in [0, 0.05) is 43.4 Å². The number of guanidine groups is 1. The van der Waals surface area contributed by atoms with Gasteiger partial charge < -0.3 is 15.5 Å². The molecule has 0 aliphatic rings. The van der Waals surface area contributed by atoms with Crippen LogP contribution in [0.1, 0.15) is 29.3 Å². The summed E-state index contributed by atoms with van der Waals surface area (Å²) in [6.07, 6.45) is 3.00. The lowest BCUT2D eigenvalue weighted by molar-refractivity contribution is 0.747. The Bertz CT molecular complexity index is 686. The van der Waals surface area contributed by atoms with Crippen LogP contribution >= 0.6 is 35.3 Å². The van der Waals surface area contributed by atoms with Gasteiger partial charge in [-0.3, -0.25) is 4.99 Å². The lowest BCUT2D eigenvalue weighted by Gasteiger charge is -2.25. The van der Waals surface area contributed by atoms with Crippen molar-refractivity contribution >= 4 is 47.0 Å². The topological polar surface area (TPSA) is 52.6 Å². The fourth-order valence-electron chi connectivity index (χ4n) is 2.65. The largest absolute Gasteiger partial charge is 0.370 e. The maximum Gasteiger partial charge on any atom is 0.191 e. The van der Waals surface area contributed by atoms with Crippen molar-refractivity contribution in [2.24, 2.45) is 4.99 Å². The van der Waals surface area contributed by atoms with Crippen LogP contribution in [0.15, 0.2) is 35.5 Å². The Morgan fingerprint density at radius 1 is 1.23 bits per heavy atom. The highest BCUT2D eigenvalue weighted by Gasteiger charge is 2.07. The fraction of sp³-hybridized carbons (Fsp3) is 0.474. The fourth-order valence-corrected chi connectivity index (χ4v) is 3.45. The summed E-state index contributed by atoms with van der Waals surface area (Å²) < 4.78 is 0. The quantitative estimate of drug-likeness (QED) is 0.338. The number of hydrogen-bond donors (Lipinski definition) is 2. The zero-order valence-electron chi connectivity index (χ0n) is 16.1. The molecule has 0 bridgehead atoms. The molecule has 0 unspecified atom stereocenters. The smallest absolute Gasteiger partial charge is 0.191 e. The van der Waals surface area contributed by atoms with E-state index in [1.165, 1.54) is 16.1 Å². The SMILES string of the molecule is CCc1cnc(CNC(=NC)NCCN(CC)c2ccccc2C)s1.I. The van der Waals surface area contributed by atoms with E-state index in [2.05, 4.69) is 70.5 Å². The molecule has 0 radical (unpaired) electrons. The molecule has 0 spiro atoms. The monoisotopic (exact) mass is 487 g/mol. The second-order valence-electron chi connectivity index (χ2n) is 5.79. The molecule has 0 aliphatic heterocycles. The first-order valence-electron chi connectivity index (χ1n) is 8.86. The van der Waals surface area contributed by atoms with E-state index < -0.39 is 0 Å². The summed E-state index contributed by atoms with van der Waals surface area (Å²) in [5.41, 5.74) is 2.60. The van der Waals surface area contributed by atoms with Crippen LogP contribution in [0.4, 0.5) is 5.69 Å². The summed E-state index contributed by atoms with van der Waals surface area (Å²) in [7, 11) is 1.80.